The number of benzene rings is 1. The zero-order chi connectivity index (χ0) is 10.6. The van der Waals surface area contributed by atoms with E-state index in [-0.39, 0.29) is 11.4 Å². The van der Waals surface area contributed by atoms with Gasteiger partial charge in [0, 0.05) is 5.56 Å². The van der Waals surface area contributed by atoms with E-state index in [0.29, 0.717) is 5.56 Å². The lowest BCUT2D eigenvalue weighted by atomic mass is 10.2. The maximum absolute atomic E-state index is 9.39. The maximum Gasteiger partial charge on any atom is 0.129 e. The van der Waals surface area contributed by atoms with Crippen LogP contribution in [0.2, 0.25) is 0 Å². The van der Waals surface area contributed by atoms with E-state index in [1.807, 2.05) is 26.8 Å². The fraction of sp³-hybridized carbons (Fsp3) is 0.364. The highest BCUT2D eigenvalue weighted by Crippen LogP contribution is 2.13. The summed E-state index contributed by atoms with van der Waals surface area (Å²) in [6.07, 6.45) is 1.50. The Morgan fingerprint density at radius 3 is 2.50 bits per heavy atom. The van der Waals surface area contributed by atoms with Crippen molar-refractivity contribution in [1.82, 2.24) is 0 Å². The van der Waals surface area contributed by atoms with Crippen molar-refractivity contribution in [3.8, 4) is 5.75 Å². The molecule has 0 radical (unpaired) electrons. The highest BCUT2D eigenvalue weighted by molar-refractivity contribution is 5.82. The molecule has 0 bridgehead atoms. The summed E-state index contributed by atoms with van der Waals surface area (Å²) >= 11 is 0. The topological polar surface area (TPSA) is 41.8 Å². The predicted molar refractivity (Wildman–Crippen MR) is 56.5 cm³/mol. The van der Waals surface area contributed by atoms with Gasteiger partial charge in [-0.1, -0.05) is 17.3 Å². The third-order valence-electron chi connectivity index (χ3n) is 1.46. The van der Waals surface area contributed by atoms with Crippen molar-refractivity contribution in [1.29, 1.82) is 0 Å². The van der Waals surface area contributed by atoms with Gasteiger partial charge in [-0.3, -0.25) is 0 Å². The van der Waals surface area contributed by atoms with Gasteiger partial charge >= 0.3 is 0 Å². The Labute approximate surface area is 84.0 Å². The van der Waals surface area contributed by atoms with Crippen LogP contribution in [0.4, 0.5) is 0 Å². The lowest BCUT2D eigenvalue weighted by Crippen LogP contribution is -2.15. The lowest BCUT2D eigenvalue weighted by Gasteiger charge is -2.14. The SMILES string of the molecule is CC(C)(C)O/N=C/c1ccccc1O. The molecule has 14 heavy (non-hydrogen) atoms. The van der Waals surface area contributed by atoms with Crippen LogP contribution in [0.15, 0.2) is 29.4 Å². The molecular weight excluding hydrogens is 178 g/mol. The Morgan fingerprint density at radius 1 is 1.29 bits per heavy atom. The summed E-state index contributed by atoms with van der Waals surface area (Å²) in [5, 5.41) is 13.2. The Kier molecular flexibility index (Phi) is 3.12. The third kappa shape index (κ3) is 3.47. The molecule has 0 unspecified atom stereocenters. The first-order chi connectivity index (χ1) is 6.49. The van der Waals surface area contributed by atoms with Crippen LogP contribution in [0.1, 0.15) is 26.3 Å². The molecular formula is C11H15NO2. The van der Waals surface area contributed by atoms with Crippen LogP contribution in [0, 0.1) is 0 Å². The van der Waals surface area contributed by atoms with Gasteiger partial charge in [-0.15, -0.1) is 0 Å². The summed E-state index contributed by atoms with van der Waals surface area (Å²) in [6.45, 7) is 5.74. The fourth-order valence-corrected chi connectivity index (χ4v) is 0.838. The number of phenols is 1. The standard InChI is InChI=1S/C11H15NO2/c1-11(2,3)14-12-8-9-6-4-5-7-10(9)13/h4-8,13H,1-3H3/b12-8+. The Hall–Kier alpha value is -1.51. The zero-order valence-corrected chi connectivity index (χ0v) is 8.69. The summed E-state index contributed by atoms with van der Waals surface area (Å²) < 4.78 is 0. The molecule has 0 aromatic heterocycles. The highest BCUT2D eigenvalue weighted by Gasteiger charge is 2.09. The van der Waals surface area contributed by atoms with Gasteiger partial charge in [0.1, 0.15) is 11.4 Å². The average molecular weight is 193 g/mol. The largest absolute Gasteiger partial charge is 0.507 e. The Morgan fingerprint density at radius 2 is 1.93 bits per heavy atom. The van der Waals surface area contributed by atoms with Crippen LogP contribution < -0.4 is 0 Å². The van der Waals surface area contributed by atoms with Gasteiger partial charge in [0.05, 0.1) is 6.21 Å². The zero-order valence-electron chi connectivity index (χ0n) is 8.69. The first kappa shape index (κ1) is 10.6. The van der Waals surface area contributed by atoms with E-state index in [1.165, 1.54) is 6.21 Å². The van der Waals surface area contributed by atoms with Crippen molar-refractivity contribution < 1.29 is 9.94 Å². The molecule has 0 aliphatic heterocycles. The maximum atomic E-state index is 9.39. The van der Waals surface area contributed by atoms with Crippen LogP contribution >= 0.6 is 0 Å². The quantitative estimate of drug-likeness (QED) is 0.579. The van der Waals surface area contributed by atoms with Crippen molar-refractivity contribution >= 4 is 6.21 Å². The molecule has 0 atom stereocenters. The van der Waals surface area contributed by atoms with Crippen molar-refractivity contribution in [3.05, 3.63) is 29.8 Å². The summed E-state index contributed by atoms with van der Waals surface area (Å²) in [5.41, 5.74) is 0.345. The smallest absolute Gasteiger partial charge is 0.129 e. The summed E-state index contributed by atoms with van der Waals surface area (Å²) in [7, 11) is 0. The van der Waals surface area contributed by atoms with Gasteiger partial charge in [0.15, 0.2) is 0 Å². The van der Waals surface area contributed by atoms with Crippen LogP contribution in [-0.2, 0) is 4.84 Å². The van der Waals surface area contributed by atoms with Gasteiger partial charge in [-0.05, 0) is 32.9 Å². The molecule has 1 aromatic carbocycles. The first-order valence-electron chi connectivity index (χ1n) is 4.48. The number of para-hydroxylation sites is 1. The minimum atomic E-state index is -0.305. The first-order valence-corrected chi connectivity index (χ1v) is 4.48. The Bertz CT molecular complexity index is 326. The molecule has 0 spiro atoms. The van der Waals surface area contributed by atoms with Gasteiger partial charge in [-0.25, -0.2) is 0 Å². The molecule has 1 aromatic rings. The molecule has 0 saturated carbocycles. The molecule has 76 valence electrons. The second-order valence-corrected chi connectivity index (χ2v) is 4.00. The molecule has 3 nitrogen and oxygen atoms in total. The van der Waals surface area contributed by atoms with E-state index in [2.05, 4.69) is 5.16 Å². The number of nitrogens with zero attached hydrogens (tertiary/aromatic N) is 1. The second kappa shape index (κ2) is 4.13. The number of hydrogen-bond donors (Lipinski definition) is 1. The van der Waals surface area contributed by atoms with Gasteiger partial charge in [0.2, 0.25) is 0 Å². The summed E-state index contributed by atoms with van der Waals surface area (Å²) in [4.78, 5) is 5.15. The number of phenolic OH excluding ortho intramolecular Hbond substituents is 1. The minimum absolute atomic E-state index is 0.203. The van der Waals surface area contributed by atoms with E-state index in [4.69, 9.17) is 4.84 Å². The fourth-order valence-electron chi connectivity index (χ4n) is 0.838. The molecule has 0 aliphatic carbocycles. The van der Waals surface area contributed by atoms with Crippen molar-refractivity contribution in [2.24, 2.45) is 5.16 Å². The van der Waals surface area contributed by atoms with E-state index in [9.17, 15) is 5.11 Å². The number of rotatable bonds is 2. The monoisotopic (exact) mass is 193 g/mol. The van der Waals surface area contributed by atoms with Crippen LogP contribution in [0.25, 0.3) is 0 Å². The van der Waals surface area contributed by atoms with E-state index < -0.39 is 0 Å². The van der Waals surface area contributed by atoms with E-state index in [0.717, 1.165) is 0 Å². The third-order valence-corrected chi connectivity index (χ3v) is 1.46. The van der Waals surface area contributed by atoms with Gasteiger partial charge in [0.25, 0.3) is 0 Å². The molecule has 1 N–H and O–H groups in total. The van der Waals surface area contributed by atoms with Crippen LogP contribution in [0.5, 0.6) is 5.75 Å². The molecule has 0 heterocycles. The van der Waals surface area contributed by atoms with Gasteiger partial charge < -0.3 is 9.94 Å². The van der Waals surface area contributed by atoms with E-state index >= 15 is 0 Å². The lowest BCUT2D eigenvalue weighted by molar-refractivity contribution is 0.00197. The van der Waals surface area contributed by atoms with Crippen molar-refractivity contribution in [2.45, 2.75) is 26.4 Å². The molecule has 0 amide bonds. The van der Waals surface area contributed by atoms with Crippen LogP contribution in [0.3, 0.4) is 0 Å². The predicted octanol–water partition coefficient (Wildman–Crippen LogP) is 2.54. The van der Waals surface area contributed by atoms with Gasteiger partial charge in [-0.2, -0.15) is 0 Å². The number of aromatic hydroxyl groups is 1. The van der Waals surface area contributed by atoms with Crippen LogP contribution in [-0.4, -0.2) is 16.9 Å². The minimum Gasteiger partial charge on any atom is -0.507 e. The molecule has 1 rings (SSSR count). The molecule has 0 aliphatic rings. The molecule has 3 heteroatoms. The Balaban J connectivity index is 2.65. The molecule has 0 fully saturated rings. The summed E-state index contributed by atoms with van der Waals surface area (Å²) in [5.74, 6) is 0.203. The average Bonchev–Trinajstić information content (AvgIpc) is 2.06. The number of oxime groups is 1. The summed E-state index contributed by atoms with van der Waals surface area (Å²) in [6, 6.07) is 6.97. The normalized spacial score (nSPS) is 11.9. The highest BCUT2D eigenvalue weighted by atomic mass is 16.6. The van der Waals surface area contributed by atoms with Crippen molar-refractivity contribution in [3.63, 3.8) is 0 Å². The number of hydrogen-bond acceptors (Lipinski definition) is 3. The van der Waals surface area contributed by atoms with E-state index in [1.54, 1.807) is 18.2 Å². The molecule has 0 saturated heterocycles. The second-order valence-electron chi connectivity index (χ2n) is 4.00. The van der Waals surface area contributed by atoms with Crippen molar-refractivity contribution in [2.75, 3.05) is 0 Å².